The summed E-state index contributed by atoms with van der Waals surface area (Å²) >= 11 is 0. The lowest BCUT2D eigenvalue weighted by Crippen LogP contribution is -2.07. The highest BCUT2D eigenvalue weighted by atomic mass is 19.1. The summed E-state index contributed by atoms with van der Waals surface area (Å²) in [5.74, 6) is 0.147. The van der Waals surface area contributed by atoms with Crippen LogP contribution in [0.3, 0.4) is 0 Å². The molecule has 104 valence electrons. The van der Waals surface area contributed by atoms with E-state index in [-0.39, 0.29) is 5.82 Å². The molecule has 0 radical (unpaired) electrons. The summed E-state index contributed by atoms with van der Waals surface area (Å²) in [6, 6.07) is 3.21. The average Bonchev–Trinajstić information content (AvgIpc) is 3.01. The van der Waals surface area contributed by atoms with Crippen molar-refractivity contribution in [2.75, 3.05) is 5.73 Å². The van der Waals surface area contributed by atoms with Gasteiger partial charge in [0.25, 0.3) is 0 Å². The topological polar surface area (TPSA) is 74.5 Å². The lowest BCUT2D eigenvalue weighted by Gasteiger charge is -2.07. The highest BCUT2D eigenvalue weighted by Gasteiger charge is 2.10. The maximum absolute atomic E-state index is 13.5. The first-order valence-corrected chi connectivity index (χ1v) is 6.41. The molecular weight excluding hydrogens is 259 g/mol. The van der Waals surface area contributed by atoms with E-state index in [0.717, 1.165) is 18.5 Å². The number of benzene rings is 1. The Morgan fingerprint density at radius 2 is 2.15 bits per heavy atom. The summed E-state index contributed by atoms with van der Waals surface area (Å²) in [6.07, 6.45) is 4.30. The molecule has 0 aliphatic carbocycles. The van der Waals surface area contributed by atoms with Gasteiger partial charge in [-0.1, -0.05) is 5.21 Å². The van der Waals surface area contributed by atoms with E-state index in [0.29, 0.717) is 23.6 Å². The van der Waals surface area contributed by atoms with Gasteiger partial charge in [-0.2, -0.15) is 0 Å². The minimum Gasteiger partial charge on any atom is -0.369 e. The summed E-state index contributed by atoms with van der Waals surface area (Å²) in [5, 5.41) is 7.66. The Hall–Kier alpha value is -2.44. The zero-order valence-corrected chi connectivity index (χ0v) is 11.1. The molecular formula is C13H15FN6. The van der Waals surface area contributed by atoms with E-state index in [4.69, 9.17) is 5.73 Å². The molecule has 2 aromatic heterocycles. The van der Waals surface area contributed by atoms with Crippen LogP contribution in [0.4, 0.5) is 10.3 Å². The number of aromatic nitrogens is 5. The second-order valence-electron chi connectivity index (χ2n) is 4.73. The largest absolute Gasteiger partial charge is 0.369 e. The highest BCUT2D eigenvalue weighted by molar-refractivity contribution is 5.79. The molecule has 1 aromatic carbocycles. The number of hydrogen-bond donors (Lipinski definition) is 1. The van der Waals surface area contributed by atoms with Crippen molar-refractivity contribution >= 4 is 17.0 Å². The van der Waals surface area contributed by atoms with Crippen molar-refractivity contribution < 1.29 is 4.39 Å². The highest BCUT2D eigenvalue weighted by Crippen LogP contribution is 2.21. The molecule has 3 aromatic rings. The van der Waals surface area contributed by atoms with Crippen LogP contribution < -0.4 is 5.73 Å². The molecule has 0 fully saturated rings. The van der Waals surface area contributed by atoms with Crippen molar-refractivity contribution in [1.29, 1.82) is 0 Å². The fourth-order valence-corrected chi connectivity index (χ4v) is 2.25. The maximum Gasteiger partial charge on any atom is 0.201 e. The molecule has 0 atom stereocenters. The fourth-order valence-electron chi connectivity index (χ4n) is 2.25. The molecule has 0 aliphatic heterocycles. The third-order valence-electron chi connectivity index (χ3n) is 3.30. The van der Waals surface area contributed by atoms with E-state index in [2.05, 4.69) is 15.3 Å². The Kier molecular flexibility index (Phi) is 3.09. The van der Waals surface area contributed by atoms with Gasteiger partial charge in [-0.3, -0.25) is 4.68 Å². The van der Waals surface area contributed by atoms with E-state index in [1.54, 1.807) is 23.9 Å². The molecule has 0 aliphatic rings. The molecule has 7 heteroatoms. The third-order valence-corrected chi connectivity index (χ3v) is 3.30. The van der Waals surface area contributed by atoms with Crippen LogP contribution in [0.2, 0.25) is 0 Å². The predicted molar refractivity (Wildman–Crippen MR) is 73.5 cm³/mol. The van der Waals surface area contributed by atoms with Crippen LogP contribution in [0.5, 0.6) is 0 Å². The van der Waals surface area contributed by atoms with E-state index >= 15 is 0 Å². The number of rotatable bonds is 4. The first-order chi connectivity index (χ1) is 9.65. The normalized spacial score (nSPS) is 11.3. The number of imidazole rings is 1. The van der Waals surface area contributed by atoms with Crippen LogP contribution in [-0.2, 0) is 13.1 Å². The van der Waals surface area contributed by atoms with E-state index in [9.17, 15) is 4.39 Å². The Balaban J connectivity index is 1.83. The number of fused-ring (bicyclic) bond motifs is 1. The smallest absolute Gasteiger partial charge is 0.201 e. The van der Waals surface area contributed by atoms with E-state index in [1.807, 2.05) is 10.8 Å². The molecule has 0 spiro atoms. The number of nitrogens with two attached hydrogens (primary N) is 1. The first-order valence-electron chi connectivity index (χ1n) is 6.41. The lowest BCUT2D eigenvalue weighted by molar-refractivity contribution is 0.521. The average molecular weight is 274 g/mol. The first kappa shape index (κ1) is 12.6. The van der Waals surface area contributed by atoms with Gasteiger partial charge in [-0.25, -0.2) is 9.37 Å². The van der Waals surface area contributed by atoms with Gasteiger partial charge in [-0.15, -0.1) is 5.10 Å². The van der Waals surface area contributed by atoms with Gasteiger partial charge in [0.1, 0.15) is 5.82 Å². The quantitative estimate of drug-likeness (QED) is 0.786. The maximum atomic E-state index is 13.5. The second kappa shape index (κ2) is 4.92. The fraction of sp³-hybridized carbons (Fsp3) is 0.308. The van der Waals surface area contributed by atoms with Crippen LogP contribution in [-0.4, -0.2) is 24.5 Å². The van der Waals surface area contributed by atoms with E-state index in [1.165, 1.54) is 6.07 Å². The monoisotopic (exact) mass is 274 g/mol. The number of halogens is 1. The molecule has 0 bridgehead atoms. The van der Waals surface area contributed by atoms with Gasteiger partial charge in [0.05, 0.1) is 17.2 Å². The van der Waals surface area contributed by atoms with Crippen molar-refractivity contribution in [2.24, 2.45) is 0 Å². The van der Waals surface area contributed by atoms with Crippen molar-refractivity contribution in [3.63, 3.8) is 0 Å². The van der Waals surface area contributed by atoms with Gasteiger partial charge in [0, 0.05) is 25.4 Å². The molecule has 2 heterocycles. The van der Waals surface area contributed by atoms with Crippen LogP contribution in [0.15, 0.2) is 24.5 Å². The zero-order valence-electron chi connectivity index (χ0n) is 11.1. The Bertz CT molecular complexity index is 731. The molecule has 2 N–H and O–H groups in total. The van der Waals surface area contributed by atoms with Gasteiger partial charge >= 0.3 is 0 Å². The summed E-state index contributed by atoms with van der Waals surface area (Å²) in [6.45, 7) is 3.18. The Morgan fingerprint density at radius 1 is 1.30 bits per heavy atom. The standard InChI is InChI=1S/C13H15FN6/c1-9-7-12-11(8-10(9)14)17-13(15)20(12)5-2-4-19-6-3-16-18-19/h3,6-8H,2,4-5H2,1H3,(H2,15,17). The summed E-state index contributed by atoms with van der Waals surface area (Å²) in [4.78, 5) is 4.20. The van der Waals surface area contributed by atoms with Crippen molar-refractivity contribution in [1.82, 2.24) is 24.5 Å². The summed E-state index contributed by atoms with van der Waals surface area (Å²) in [7, 11) is 0. The molecule has 0 amide bonds. The van der Waals surface area contributed by atoms with Gasteiger partial charge in [0.15, 0.2) is 0 Å². The van der Waals surface area contributed by atoms with E-state index < -0.39 is 0 Å². The number of hydrogen-bond acceptors (Lipinski definition) is 4. The SMILES string of the molecule is Cc1cc2c(cc1F)nc(N)n2CCCn1ccnn1. The Morgan fingerprint density at radius 3 is 2.90 bits per heavy atom. The lowest BCUT2D eigenvalue weighted by atomic mass is 10.2. The predicted octanol–water partition coefficient (Wildman–Crippen LogP) is 1.75. The minimum absolute atomic E-state index is 0.259. The number of nitrogen functional groups attached to an aromatic ring is 1. The minimum atomic E-state index is -0.259. The molecule has 0 saturated carbocycles. The van der Waals surface area contributed by atoms with Gasteiger partial charge < -0.3 is 10.3 Å². The van der Waals surface area contributed by atoms with Gasteiger partial charge in [0.2, 0.25) is 5.95 Å². The third kappa shape index (κ3) is 2.22. The van der Waals surface area contributed by atoms with Crippen LogP contribution in [0.25, 0.3) is 11.0 Å². The van der Waals surface area contributed by atoms with Crippen LogP contribution in [0, 0.1) is 12.7 Å². The Labute approximate surface area is 115 Å². The second-order valence-corrected chi connectivity index (χ2v) is 4.73. The molecule has 3 rings (SSSR count). The molecule has 20 heavy (non-hydrogen) atoms. The summed E-state index contributed by atoms with van der Waals surface area (Å²) in [5.41, 5.74) is 7.95. The molecule has 0 unspecified atom stereocenters. The number of nitrogens with zero attached hydrogens (tertiary/aromatic N) is 5. The molecule has 6 nitrogen and oxygen atoms in total. The summed E-state index contributed by atoms with van der Waals surface area (Å²) < 4.78 is 17.2. The zero-order chi connectivity index (χ0) is 14.1. The number of anilines is 1. The van der Waals surface area contributed by atoms with Crippen molar-refractivity contribution in [3.8, 4) is 0 Å². The molecule has 0 saturated heterocycles. The van der Waals surface area contributed by atoms with Crippen LogP contribution in [0.1, 0.15) is 12.0 Å². The van der Waals surface area contributed by atoms with Crippen molar-refractivity contribution in [2.45, 2.75) is 26.4 Å². The van der Waals surface area contributed by atoms with Gasteiger partial charge in [-0.05, 0) is 25.0 Å². The van der Waals surface area contributed by atoms with Crippen molar-refractivity contribution in [3.05, 3.63) is 35.9 Å². The van der Waals surface area contributed by atoms with Crippen LogP contribution >= 0.6 is 0 Å². The number of aryl methyl sites for hydroxylation is 3.